The number of nitrogens with one attached hydrogen (secondary N) is 2. The number of hydrogen-bond acceptors (Lipinski definition) is 7. The minimum atomic E-state index is -0.927. The maximum absolute atomic E-state index is 13.9. The number of anilines is 2. The third-order valence-electron chi connectivity index (χ3n) is 5.17. The molecule has 8 nitrogen and oxygen atoms in total. The molecule has 0 atom stereocenters. The molecular formula is C22H29F2N5O3. The zero-order valence-electron chi connectivity index (χ0n) is 18.3. The summed E-state index contributed by atoms with van der Waals surface area (Å²) in [6, 6.07) is 3.22. The number of benzene rings is 1. The van der Waals surface area contributed by atoms with Gasteiger partial charge in [-0.3, -0.25) is 0 Å². The standard InChI is InChI=1S/C22H29F2N5O3/c1-14(2)12-32-22(31)29-5-3-15(4-6-29)10-25-11-16-7-21(27-13-26-16)28-19-8-18(24)20(30)9-17(19)23/h7-9,13-15,25,30H,3-6,10-12H2,1-2H3,(H,26,27,28). The number of halogens is 2. The average Bonchev–Trinajstić information content (AvgIpc) is 2.76. The van der Waals surface area contributed by atoms with Gasteiger partial charge in [-0.1, -0.05) is 13.8 Å². The van der Waals surface area contributed by atoms with E-state index in [1.165, 1.54) is 6.33 Å². The second-order valence-corrected chi connectivity index (χ2v) is 8.34. The van der Waals surface area contributed by atoms with Crippen LogP contribution in [0.4, 0.5) is 25.1 Å². The molecule has 2 aromatic rings. The number of piperidine rings is 1. The van der Waals surface area contributed by atoms with E-state index in [0.29, 0.717) is 55.7 Å². The van der Waals surface area contributed by atoms with E-state index >= 15 is 0 Å². The molecule has 2 heterocycles. The van der Waals surface area contributed by atoms with Crippen molar-refractivity contribution in [1.29, 1.82) is 0 Å². The summed E-state index contributed by atoms with van der Waals surface area (Å²) in [5.74, 6) is -1.39. The number of carbonyl (C=O) groups excluding carboxylic acids is 1. The van der Waals surface area contributed by atoms with E-state index in [9.17, 15) is 18.7 Å². The first-order valence-corrected chi connectivity index (χ1v) is 10.7. The topological polar surface area (TPSA) is 99.6 Å². The van der Waals surface area contributed by atoms with Crippen LogP contribution in [0.2, 0.25) is 0 Å². The van der Waals surface area contributed by atoms with Crippen molar-refractivity contribution in [2.45, 2.75) is 33.2 Å². The molecule has 1 aliphatic rings. The summed E-state index contributed by atoms with van der Waals surface area (Å²) in [6.07, 6.45) is 2.89. The minimum absolute atomic E-state index is 0.128. The molecule has 3 rings (SSSR count). The van der Waals surface area contributed by atoms with Gasteiger partial charge in [0.05, 0.1) is 18.0 Å². The number of amides is 1. The normalized spacial score (nSPS) is 14.6. The van der Waals surface area contributed by atoms with Crippen molar-refractivity contribution < 1.29 is 23.4 Å². The van der Waals surface area contributed by atoms with Crippen LogP contribution in [0.25, 0.3) is 0 Å². The van der Waals surface area contributed by atoms with Gasteiger partial charge in [-0.05, 0) is 31.2 Å². The number of ether oxygens (including phenoxy) is 1. The van der Waals surface area contributed by atoms with Crippen molar-refractivity contribution in [3.8, 4) is 5.75 Å². The van der Waals surface area contributed by atoms with Crippen molar-refractivity contribution in [3.63, 3.8) is 0 Å². The Morgan fingerprint density at radius 2 is 1.97 bits per heavy atom. The molecule has 10 heteroatoms. The molecule has 32 heavy (non-hydrogen) atoms. The molecule has 1 saturated heterocycles. The first kappa shape index (κ1) is 23.6. The number of hydrogen-bond donors (Lipinski definition) is 3. The Morgan fingerprint density at radius 3 is 2.69 bits per heavy atom. The molecule has 1 aromatic heterocycles. The molecular weight excluding hydrogens is 420 g/mol. The molecule has 0 aliphatic carbocycles. The van der Waals surface area contributed by atoms with Gasteiger partial charge in [-0.15, -0.1) is 0 Å². The van der Waals surface area contributed by atoms with Gasteiger partial charge < -0.3 is 25.4 Å². The highest BCUT2D eigenvalue weighted by Crippen LogP contribution is 2.26. The number of carbonyl (C=O) groups is 1. The maximum atomic E-state index is 13.9. The summed E-state index contributed by atoms with van der Waals surface area (Å²) in [7, 11) is 0. The van der Waals surface area contributed by atoms with E-state index in [2.05, 4.69) is 20.6 Å². The van der Waals surface area contributed by atoms with Crippen LogP contribution >= 0.6 is 0 Å². The number of rotatable bonds is 8. The van der Waals surface area contributed by atoms with Gasteiger partial charge in [0, 0.05) is 37.8 Å². The van der Waals surface area contributed by atoms with Gasteiger partial charge in [0.15, 0.2) is 17.4 Å². The largest absolute Gasteiger partial charge is 0.505 e. The predicted molar refractivity (Wildman–Crippen MR) is 116 cm³/mol. The summed E-state index contributed by atoms with van der Waals surface area (Å²) < 4.78 is 32.7. The molecule has 0 saturated carbocycles. The van der Waals surface area contributed by atoms with E-state index < -0.39 is 17.4 Å². The molecule has 0 unspecified atom stereocenters. The summed E-state index contributed by atoms with van der Waals surface area (Å²) in [5.41, 5.74) is 0.563. The second-order valence-electron chi connectivity index (χ2n) is 8.34. The lowest BCUT2D eigenvalue weighted by Crippen LogP contribution is -2.41. The fourth-order valence-corrected chi connectivity index (χ4v) is 3.39. The van der Waals surface area contributed by atoms with Crippen LogP contribution in [0.5, 0.6) is 5.75 Å². The van der Waals surface area contributed by atoms with E-state index in [-0.39, 0.29) is 11.8 Å². The Hall–Kier alpha value is -3.01. The fourth-order valence-electron chi connectivity index (χ4n) is 3.39. The number of nitrogens with zero attached hydrogens (tertiary/aromatic N) is 3. The van der Waals surface area contributed by atoms with E-state index in [1.54, 1.807) is 11.0 Å². The van der Waals surface area contributed by atoms with Crippen LogP contribution < -0.4 is 10.6 Å². The fraction of sp³-hybridized carbons (Fsp3) is 0.500. The third kappa shape index (κ3) is 6.74. The molecule has 0 radical (unpaired) electrons. The maximum Gasteiger partial charge on any atom is 0.409 e. The van der Waals surface area contributed by atoms with Crippen LogP contribution in [-0.4, -0.2) is 52.3 Å². The second kappa shape index (κ2) is 11.0. The van der Waals surface area contributed by atoms with Crippen molar-refractivity contribution in [2.75, 3.05) is 31.6 Å². The smallest absolute Gasteiger partial charge is 0.409 e. The number of aromatic nitrogens is 2. The molecule has 0 spiro atoms. The number of likely N-dealkylation sites (tertiary alicyclic amines) is 1. The number of phenols is 1. The van der Waals surface area contributed by atoms with Crippen LogP contribution in [-0.2, 0) is 11.3 Å². The van der Waals surface area contributed by atoms with Crippen molar-refractivity contribution >= 4 is 17.6 Å². The van der Waals surface area contributed by atoms with Gasteiger partial charge in [-0.2, -0.15) is 0 Å². The Kier molecular flexibility index (Phi) is 8.15. The molecule has 1 aromatic carbocycles. The summed E-state index contributed by atoms with van der Waals surface area (Å²) in [4.78, 5) is 22.0. The summed E-state index contributed by atoms with van der Waals surface area (Å²) in [6.45, 7) is 7.07. The van der Waals surface area contributed by atoms with E-state index in [1.807, 2.05) is 13.8 Å². The van der Waals surface area contributed by atoms with Gasteiger partial charge in [0.1, 0.15) is 12.1 Å². The molecule has 174 valence electrons. The predicted octanol–water partition coefficient (Wildman–Crippen LogP) is 3.80. The van der Waals surface area contributed by atoms with E-state index in [4.69, 9.17) is 4.74 Å². The molecule has 1 amide bonds. The van der Waals surface area contributed by atoms with E-state index in [0.717, 1.165) is 25.5 Å². The molecule has 0 bridgehead atoms. The highest BCUT2D eigenvalue weighted by Gasteiger charge is 2.23. The van der Waals surface area contributed by atoms with Crippen LogP contribution in [0.3, 0.4) is 0 Å². The highest BCUT2D eigenvalue weighted by molar-refractivity contribution is 5.67. The van der Waals surface area contributed by atoms with Gasteiger partial charge in [-0.25, -0.2) is 23.5 Å². The van der Waals surface area contributed by atoms with Gasteiger partial charge in [0.25, 0.3) is 0 Å². The Balaban J connectivity index is 1.43. The van der Waals surface area contributed by atoms with Crippen molar-refractivity contribution in [2.24, 2.45) is 11.8 Å². The lowest BCUT2D eigenvalue weighted by molar-refractivity contribution is 0.0789. The Labute approximate surface area is 186 Å². The minimum Gasteiger partial charge on any atom is -0.505 e. The van der Waals surface area contributed by atoms with Crippen LogP contribution in [0.15, 0.2) is 24.5 Å². The zero-order valence-corrected chi connectivity index (χ0v) is 18.3. The molecule has 1 fully saturated rings. The van der Waals surface area contributed by atoms with Crippen molar-refractivity contribution in [3.05, 3.63) is 41.9 Å². The Morgan fingerprint density at radius 1 is 1.22 bits per heavy atom. The van der Waals surface area contributed by atoms with Gasteiger partial charge >= 0.3 is 6.09 Å². The van der Waals surface area contributed by atoms with Gasteiger partial charge in [0.2, 0.25) is 0 Å². The summed E-state index contributed by atoms with van der Waals surface area (Å²) in [5, 5.41) is 15.3. The Bertz CT molecular complexity index is 920. The first-order valence-electron chi connectivity index (χ1n) is 10.7. The zero-order chi connectivity index (χ0) is 23.1. The SMILES string of the molecule is CC(C)COC(=O)N1CCC(CNCc2cc(Nc3cc(F)c(O)cc3F)ncn2)CC1. The quantitative estimate of drug-likeness (QED) is 0.527. The highest BCUT2D eigenvalue weighted by atomic mass is 19.1. The van der Waals surface area contributed by atoms with Crippen molar-refractivity contribution in [1.82, 2.24) is 20.2 Å². The lowest BCUT2D eigenvalue weighted by atomic mass is 9.97. The van der Waals surface area contributed by atoms with Crippen LogP contribution in [0.1, 0.15) is 32.4 Å². The lowest BCUT2D eigenvalue weighted by Gasteiger charge is -2.31. The third-order valence-corrected chi connectivity index (χ3v) is 5.17. The van der Waals surface area contributed by atoms with Crippen LogP contribution in [0, 0.1) is 23.5 Å². The monoisotopic (exact) mass is 449 g/mol. The average molecular weight is 450 g/mol. The first-order chi connectivity index (χ1) is 15.3. The number of aromatic hydroxyl groups is 1. The summed E-state index contributed by atoms with van der Waals surface area (Å²) >= 11 is 0. The number of phenolic OH excluding ortho intramolecular Hbond substituents is 1. The molecule has 3 N–H and O–H groups in total. The molecule has 1 aliphatic heterocycles.